The maximum Gasteiger partial charge on any atom is 0.0476 e. The molecule has 0 spiro atoms. The molecule has 1 atom stereocenters. The van der Waals surface area contributed by atoms with Gasteiger partial charge >= 0.3 is 0 Å². The van der Waals surface area contributed by atoms with Crippen LogP contribution < -0.4 is 5.73 Å². The lowest BCUT2D eigenvalue weighted by molar-refractivity contribution is 0.181. The summed E-state index contributed by atoms with van der Waals surface area (Å²) in [6.45, 7) is 2.60. The highest BCUT2D eigenvalue weighted by Gasteiger charge is 2.25. The van der Waals surface area contributed by atoms with Crippen molar-refractivity contribution in [1.82, 2.24) is 4.90 Å². The summed E-state index contributed by atoms with van der Waals surface area (Å²) >= 11 is 6.07. The van der Waals surface area contributed by atoms with Crippen molar-refractivity contribution in [2.24, 2.45) is 5.73 Å². The van der Waals surface area contributed by atoms with Crippen molar-refractivity contribution in [2.45, 2.75) is 19.0 Å². The van der Waals surface area contributed by atoms with Crippen LogP contribution in [0.25, 0.3) is 0 Å². The Hall–Kier alpha value is -1.35. The van der Waals surface area contributed by atoms with Crippen LogP contribution in [0.1, 0.15) is 22.7 Å². The molecule has 2 aromatic carbocycles. The summed E-state index contributed by atoms with van der Waals surface area (Å²) < 4.78 is 0. The summed E-state index contributed by atoms with van der Waals surface area (Å²) in [5.41, 5.74) is 10.1. The molecule has 104 valence electrons. The Morgan fingerprint density at radius 1 is 1.15 bits per heavy atom. The molecule has 1 heterocycles. The molecule has 2 N–H and O–H groups in total. The molecule has 0 aromatic heterocycles. The molecule has 0 bridgehead atoms. The van der Waals surface area contributed by atoms with Crippen molar-refractivity contribution in [3.8, 4) is 0 Å². The zero-order chi connectivity index (χ0) is 13.9. The van der Waals surface area contributed by atoms with E-state index in [0.29, 0.717) is 12.6 Å². The molecule has 0 radical (unpaired) electrons. The number of nitrogens with zero attached hydrogens (tertiary/aromatic N) is 1. The van der Waals surface area contributed by atoms with E-state index >= 15 is 0 Å². The largest absolute Gasteiger partial charge is 0.329 e. The second-order valence-electron chi connectivity index (χ2n) is 5.30. The van der Waals surface area contributed by atoms with Crippen LogP contribution in [0.3, 0.4) is 0 Å². The first-order chi connectivity index (χ1) is 9.78. The zero-order valence-electron chi connectivity index (χ0n) is 11.4. The van der Waals surface area contributed by atoms with Gasteiger partial charge in [-0.3, -0.25) is 4.90 Å². The first kappa shape index (κ1) is 13.6. The van der Waals surface area contributed by atoms with Crippen LogP contribution in [0, 0.1) is 0 Å². The van der Waals surface area contributed by atoms with Gasteiger partial charge in [-0.1, -0.05) is 48.0 Å². The molecule has 2 aromatic rings. The molecule has 0 amide bonds. The molecule has 3 rings (SSSR count). The Morgan fingerprint density at radius 2 is 2.00 bits per heavy atom. The van der Waals surface area contributed by atoms with Crippen LogP contribution in [0.4, 0.5) is 0 Å². The van der Waals surface area contributed by atoms with E-state index in [2.05, 4.69) is 35.2 Å². The Morgan fingerprint density at radius 3 is 2.80 bits per heavy atom. The van der Waals surface area contributed by atoms with Crippen LogP contribution in [0.2, 0.25) is 5.02 Å². The van der Waals surface area contributed by atoms with Crippen LogP contribution in [-0.2, 0) is 13.0 Å². The first-order valence-corrected chi connectivity index (χ1v) is 7.42. The van der Waals surface area contributed by atoms with Gasteiger partial charge in [0.1, 0.15) is 0 Å². The second-order valence-corrected chi connectivity index (χ2v) is 5.74. The molecular formula is C17H19ClN2. The summed E-state index contributed by atoms with van der Waals surface area (Å²) in [6.07, 6.45) is 1.09. The van der Waals surface area contributed by atoms with Crippen LogP contribution in [-0.4, -0.2) is 18.0 Å². The Labute approximate surface area is 125 Å². The molecule has 20 heavy (non-hydrogen) atoms. The zero-order valence-corrected chi connectivity index (χ0v) is 12.2. The van der Waals surface area contributed by atoms with Gasteiger partial charge in [0.2, 0.25) is 0 Å². The normalized spacial score (nSPS) is 18.8. The highest BCUT2D eigenvalue weighted by Crippen LogP contribution is 2.30. The van der Waals surface area contributed by atoms with Gasteiger partial charge in [-0.05, 0) is 35.2 Å². The van der Waals surface area contributed by atoms with Gasteiger partial charge in [-0.15, -0.1) is 0 Å². The second kappa shape index (κ2) is 5.96. The Kier molecular flexibility index (Phi) is 4.06. The molecular weight excluding hydrogens is 268 g/mol. The van der Waals surface area contributed by atoms with E-state index in [1.54, 1.807) is 0 Å². The predicted octanol–water partition coefficient (Wildman–Crippen LogP) is 3.40. The highest BCUT2D eigenvalue weighted by molar-refractivity contribution is 6.30. The van der Waals surface area contributed by atoms with E-state index in [1.807, 2.05) is 18.2 Å². The lowest BCUT2D eigenvalue weighted by Gasteiger charge is -2.36. The third-order valence-electron chi connectivity index (χ3n) is 4.02. The summed E-state index contributed by atoms with van der Waals surface area (Å²) in [5, 5.41) is 0.796. The maximum atomic E-state index is 6.07. The number of fused-ring (bicyclic) bond motifs is 1. The van der Waals surface area contributed by atoms with Crippen molar-refractivity contribution in [3.63, 3.8) is 0 Å². The molecule has 1 aliphatic heterocycles. The van der Waals surface area contributed by atoms with Crippen molar-refractivity contribution in [1.29, 1.82) is 0 Å². The van der Waals surface area contributed by atoms with E-state index in [9.17, 15) is 0 Å². The minimum absolute atomic E-state index is 0.305. The molecule has 0 saturated heterocycles. The third kappa shape index (κ3) is 2.73. The molecule has 0 saturated carbocycles. The monoisotopic (exact) mass is 286 g/mol. The van der Waals surface area contributed by atoms with E-state index in [0.717, 1.165) is 24.5 Å². The quantitative estimate of drug-likeness (QED) is 0.937. The topological polar surface area (TPSA) is 29.3 Å². The fourth-order valence-electron chi connectivity index (χ4n) is 3.04. The summed E-state index contributed by atoms with van der Waals surface area (Å²) in [5.74, 6) is 0. The predicted molar refractivity (Wildman–Crippen MR) is 83.8 cm³/mol. The smallest absolute Gasteiger partial charge is 0.0476 e. The van der Waals surface area contributed by atoms with Crippen molar-refractivity contribution >= 4 is 11.6 Å². The average Bonchev–Trinajstić information content (AvgIpc) is 2.47. The van der Waals surface area contributed by atoms with E-state index in [-0.39, 0.29) is 0 Å². The molecule has 2 nitrogen and oxygen atoms in total. The van der Waals surface area contributed by atoms with Gasteiger partial charge in [0.05, 0.1) is 0 Å². The van der Waals surface area contributed by atoms with Crippen molar-refractivity contribution in [3.05, 3.63) is 70.2 Å². The molecule has 1 aliphatic rings. The first-order valence-electron chi connectivity index (χ1n) is 7.04. The van der Waals surface area contributed by atoms with Gasteiger partial charge in [0.15, 0.2) is 0 Å². The fraction of sp³-hybridized carbons (Fsp3) is 0.294. The van der Waals surface area contributed by atoms with Crippen LogP contribution >= 0.6 is 11.6 Å². The summed E-state index contributed by atoms with van der Waals surface area (Å²) in [4.78, 5) is 2.45. The number of hydrogen-bond acceptors (Lipinski definition) is 2. The number of benzene rings is 2. The van der Waals surface area contributed by atoms with E-state index in [4.69, 9.17) is 17.3 Å². The van der Waals surface area contributed by atoms with Gasteiger partial charge in [-0.25, -0.2) is 0 Å². The average molecular weight is 287 g/mol. The lowest BCUT2D eigenvalue weighted by atomic mass is 9.92. The maximum absolute atomic E-state index is 6.07. The fourth-order valence-corrected chi connectivity index (χ4v) is 3.25. The Bertz CT molecular complexity index is 597. The molecule has 1 unspecified atom stereocenters. The number of hydrogen-bond donors (Lipinski definition) is 1. The molecule has 0 fully saturated rings. The highest BCUT2D eigenvalue weighted by atomic mass is 35.5. The van der Waals surface area contributed by atoms with E-state index in [1.165, 1.54) is 16.7 Å². The minimum Gasteiger partial charge on any atom is -0.329 e. The molecule has 3 heteroatoms. The van der Waals surface area contributed by atoms with Gasteiger partial charge in [0, 0.05) is 30.7 Å². The van der Waals surface area contributed by atoms with Gasteiger partial charge in [0.25, 0.3) is 0 Å². The summed E-state index contributed by atoms with van der Waals surface area (Å²) in [6, 6.07) is 17.0. The number of rotatable bonds is 3. The van der Waals surface area contributed by atoms with Gasteiger partial charge < -0.3 is 5.73 Å². The van der Waals surface area contributed by atoms with Crippen LogP contribution in [0.15, 0.2) is 48.5 Å². The third-order valence-corrected chi connectivity index (χ3v) is 4.26. The van der Waals surface area contributed by atoms with Crippen LogP contribution in [0.5, 0.6) is 0 Å². The Balaban J connectivity index is 1.84. The summed E-state index contributed by atoms with van der Waals surface area (Å²) in [7, 11) is 0. The van der Waals surface area contributed by atoms with Crippen molar-refractivity contribution in [2.75, 3.05) is 13.1 Å². The number of nitrogens with two attached hydrogens (primary N) is 1. The SMILES string of the molecule is NCC1c2ccccc2CCN1Cc1cccc(Cl)c1. The minimum atomic E-state index is 0.305. The standard InChI is InChI=1S/C17H19ClN2/c18-15-6-3-4-13(10-15)12-20-9-8-14-5-1-2-7-16(14)17(20)11-19/h1-7,10,17H,8-9,11-12,19H2. The van der Waals surface area contributed by atoms with Gasteiger partial charge in [-0.2, -0.15) is 0 Å². The van der Waals surface area contributed by atoms with E-state index < -0.39 is 0 Å². The van der Waals surface area contributed by atoms with Crippen molar-refractivity contribution < 1.29 is 0 Å². The molecule has 0 aliphatic carbocycles. The number of halogens is 1. The lowest BCUT2D eigenvalue weighted by Crippen LogP contribution is -2.38.